The molecule has 0 aliphatic carbocycles. The maximum Gasteiger partial charge on any atom is 0.246 e. The third kappa shape index (κ3) is 16.3. The molecule has 32 nitrogen and oxygen atoms in total. The molecule has 5 fully saturated rings. The number of nitrogens with one attached hydrogen (secondary N) is 9. The summed E-state index contributed by atoms with van der Waals surface area (Å²) in [7, 11) is 0. The minimum absolute atomic E-state index is 0.0561. The molecule has 8 rings (SSSR count). The Hall–Kier alpha value is -7.24. The average Bonchev–Trinajstić information content (AvgIpc) is 1.42. The molecule has 16 N–H and O–H groups in total. The lowest BCUT2D eigenvalue weighted by molar-refractivity contribution is -0.359. The summed E-state index contributed by atoms with van der Waals surface area (Å²) in [6.07, 6.45) is -12.1. The summed E-state index contributed by atoms with van der Waals surface area (Å²) in [4.78, 5) is 143. The number of aliphatic hydroxyl groups excluding tert-OH is 7. The van der Waals surface area contributed by atoms with E-state index in [1.54, 1.807) is 33.9 Å². The van der Waals surface area contributed by atoms with Crippen molar-refractivity contribution in [3.05, 3.63) is 54.2 Å². The minimum Gasteiger partial charge on any atom is -0.394 e. The molecule has 90 heavy (non-hydrogen) atoms. The van der Waals surface area contributed by atoms with Crippen LogP contribution in [0.25, 0.3) is 10.9 Å². The summed E-state index contributed by atoms with van der Waals surface area (Å²) in [5, 5.41) is 92.0. The number of benzene rings is 1. The van der Waals surface area contributed by atoms with Gasteiger partial charge in [-0.2, -0.15) is 0 Å². The molecule has 1 unspecified atom stereocenters. The molecule has 0 bridgehead atoms. The minimum atomic E-state index is -1.90. The highest BCUT2D eigenvalue weighted by molar-refractivity contribution is 6.00. The monoisotopic (exact) mass is 1270 g/mol. The molecule has 5 aliphatic rings. The van der Waals surface area contributed by atoms with E-state index in [9.17, 15) is 78.9 Å². The van der Waals surface area contributed by atoms with E-state index in [2.05, 4.69) is 52.2 Å². The number of hydrogen-bond donors (Lipinski definition) is 16. The van der Waals surface area contributed by atoms with Gasteiger partial charge in [-0.15, -0.1) is 0 Å². The van der Waals surface area contributed by atoms with Crippen LogP contribution in [0.1, 0.15) is 77.5 Å². The lowest BCUT2D eigenvalue weighted by Gasteiger charge is -2.45. The first kappa shape index (κ1) is 68.7. The first-order chi connectivity index (χ1) is 43.0. The molecule has 1 aromatic carbocycles. The van der Waals surface area contributed by atoms with Crippen LogP contribution < -0.4 is 37.2 Å². The summed E-state index contributed by atoms with van der Waals surface area (Å²) in [5.41, 5.74) is 1.85. The molecule has 0 spiro atoms. The van der Waals surface area contributed by atoms with Crippen LogP contribution in [0.3, 0.4) is 0 Å². The molecule has 0 saturated carbocycles. The number of aliphatic hydroxyl groups is 7. The van der Waals surface area contributed by atoms with Gasteiger partial charge in [0.2, 0.25) is 53.2 Å². The van der Waals surface area contributed by atoms with Crippen molar-refractivity contribution in [2.45, 2.75) is 183 Å². The summed E-state index contributed by atoms with van der Waals surface area (Å²) in [5.74, 6) is -8.41. The van der Waals surface area contributed by atoms with E-state index in [4.69, 9.17) is 18.9 Å². The third-order valence-corrected chi connectivity index (χ3v) is 17.2. The van der Waals surface area contributed by atoms with Gasteiger partial charge < -0.3 is 112 Å². The highest BCUT2D eigenvalue weighted by atomic mass is 16.7. The maximum atomic E-state index is 14.9. The molecule has 7 heterocycles. The Balaban J connectivity index is 1.01. The first-order valence-corrected chi connectivity index (χ1v) is 30.4. The number of aromatic amines is 2. The third-order valence-electron chi connectivity index (χ3n) is 17.2. The summed E-state index contributed by atoms with van der Waals surface area (Å²) in [6.45, 7) is 3.71. The topological polar surface area (TPSA) is 467 Å². The largest absolute Gasteiger partial charge is 0.394 e. The zero-order valence-corrected chi connectivity index (χ0v) is 50.4. The van der Waals surface area contributed by atoms with E-state index >= 15 is 0 Å². The second-order valence-electron chi connectivity index (χ2n) is 23.7. The van der Waals surface area contributed by atoms with Crippen LogP contribution in [0.5, 0.6) is 0 Å². The average molecular weight is 1270 g/mol. The second-order valence-corrected chi connectivity index (χ2v) is 23.7. The Labute approximate surface area is 517 Å². The number of fused-ring (bicyclic) bond motifs is 3. The molecular formula is C58H84N12O20. The fourth-order valence-corrected chi connectivity index (χ4v) is 11.8. The number of hydrogen-bond acceptors (Lipinski definition) is 21. The van der Waals surface area contributed by atoms with Crippen molar-refractivity contribution in [2.24, 2.45) is 11.8 Å². The van der Waals surface area contributed by atoms with E-state index in [0.29, 0.717) is 30.5 Å². The van der Waals surface area contributed by atoms with E-state index in [0.717, 1.165) is 10.9 Å². The van der Waals surface area contributed by atoms with E-state index in [-0.39, 0.29) is 45.3 Å². The lowest BCUT2D eigenvalue weighted by Crippen LogP contribution is -2.64. The van der Waals surface area contributed by atoms with Crippen molar-refractivity contribution in [1.29, 1.82) is 0 Å². The number of para-hydroxylation sites is 1. The number of amides is 9. The molecule has 496 valence electrons. The molecule has 32 heteroatoms. The molecule has 2 aromatic heterocycles. The maximum absolute atomic E-state index is 14.9. The van der Waals surface area contributed by atoms with Gasteiger partial charge in [0.15, 0.2) is 12.6 Å². The smallest absolute Gasteiger partial charge is 0.246 e. The first-order valence-electron chi connectivity index (χ1n) is 30.4. The highest BCUT2D eigenvalue weighted by Gasteiger charge is 2.51. The predicted molar refractivity (Wildman–Crippen MR) is 311 cm³/mol. The standard InChI is InChI=1S/C58H84N12O20/c1-5-28(4)43-56(86)70-16-9-13-37(70)55(85)69-15-8-12-36(69)53(83)65-33(18-29-21-61-32-11-7-6-10-31(29)32)51(81)64-34(19-30-22-59-26-63-30)50(80)62-23-41(74)67-42(27(2)3)54(84)66-35(52(82)68-43)20-40(73)60-14-17-87-57-48(79)46(77)49(39(25-72)89-57)90-58-47(78)45(76)44(75)38(24-71)88-58/h6-7,10-11,21-22,26-28,33-39,42-49,57-58,61,71-72,75-79H,5,8-9,12-20,23-25H2,1-4H3,(H,59,63)(H,60,73)(H,62,80)(H,64,81)(H,65,83)(H,66,84)(H,67,74)(H,68,82)/t28?,33-,34-,35-,36-,37-,38+,39+,42-,43-,44-,45-,46+,47+,48+,49+,57+,58-/m0/s1. The number of rotatable bonds is 17. The number of ether oxygens (including phenoxy) is 4. The normalized spacial score (nSPS) is 32.6. The number of imidazole rings is 1. The van der Waals surface area contributed by atoms with Gasteiger partial charge in [-0.25, -0.2) is 4.98 Å². The van der Waals surface area contributed by atoms with Crippen LogP contribution in [-0.4, -0.2) is 263 Å². The Bertz CT molecular complexity index is 2990. The van der Waals surface area contributed by atoms with Crippen molar-refractivity contribution in [3.63, 3.8) is 0 Å². The Morgan fingerprint density at radius 3 is 2.03 bits per heavy atom. The molecule has 5 saturated heterocycles. The lowest BCUT2D eigenvalue weighted by atomic mass is 9.96. The highest BCUT2D eigenvalue weighted by Crippen LogP contribution is 2.31. The predicted octanol–water partition coefficient (Wildman–Crippen LogP) is -5.94. The van der Waals surface area contributed by atoms with Gasteiger partial charge in [-0.1, -0.05) is 52.3 Å². The van der Waals surface area contributed by atoms with Crippen molar-refractivity contribution < 1.29 is 97.8 Å². The van der Waals surface area contributed by atoms with Crippen molar-refractivity contribution in [1.82, 2.24) is 62.0 Å². The summed E-state index contributed by atoms with van der Waals surface area (Å²) in [6, 6.07) is -2.00. The summed E-state index contributed by atoms with van der Waals surface area (Å²) >= 11 is 0. The van der Waals surface area contributed by atoms with Crippen molar-refractivity contribution >= 4 is 64.1 Å². The summed E-state index contributed by atoms with van der Waals surface area (Å²) < 4.78 is 22.2. The number of carbonyl (C=O) groups excluding carboxylic acids is 9. The quantitative estimate of drug-likeness (QED) is 0.0560. The molecule has 0 radical (unpaired) electrons. The van der Waals surface area contributed by atoms with E-state index < -0.39 is 201 Å². The van der Waals surface area contributed by atoms with Crippen LogP contribution in [0.2, 0.25) is 0 Å². The molecular weight excluding hydrogens is 1180 g/mol. The molecule has 9 amide bonds. The van der Waals surface area contributed by atoms with Gasteiger partial charge >= 0.3 is 0 Å². The van der Waals surface area contributed by atoms with Gasteiger partial charge in [0, 0.05) is 61.5 Å². The van der Waals surface area contributed by atoms with Crippen LogP contribution in [-0.2, 0) is 74.9 Å². The van der Waals surface area contributed by atoms with E-state index in [1.807, 2.05) is 24.3 Å². The molecule has 5 aliphatic heterocycles. The SMILES string of the molecule is CCC(C)[C@@H]1NC(=O)[C@H](CC(=O)NCCO[C@@H]2O[C@H](CO)[C@@H](O[C@@H]3O[C@H](CO)[C@H](O)[C@H](O)[C@H]3O)[C@H](O)[C@H]2O)NC(=O)[C@H](C(C)C)NC(=O)CNC(=O)[C@H](Cc2cnc[nH]2)NC(=O)[C@H](Cc2c[nH]c3ccccc23)NC(=O)[C@@H]2CCCN2C(=O)[C@@H]2CCCN2C1=O. The zero-order valence-electron chi connectivity index (χ0n) is 50.4. The van der Waals surface area contributed by atoms with Crippen molar-refractivity contribution in [3.8, 4) is 0 Å². The van der Waals surface area contributed by atoms with Gasteiger partial charge in [0.25, 0.3) is 0 Å². The fourth-order valence-electron chi connectivity index (χ4n) is 11.8. The van der Waals surface area contributed by atoms with Crippen LogP contribution in [0.15, 0.2) is 43.0 Å². The molecule has 18 atom stereocenters. The van der Waals surface area contributed by atoms with Crippen LogP contribution in [0.4, 0.5) is 0 Å². The zero-order chi connectivity index (χ0) is 65.1. The Morgan fingerprint density at radius 1 is 0.700 bits per heavy atom. The molecule has 3 aromatic rings. The number of H-pyrrole nitrogens is 2. The fraction of sp³-hybridized carbons (Fsp3) is 0.655. The number of nitrogens with zero attached hydrogens (tertiary/aromatic N) is 3. The Kier molecular flexibility index (Phi) is 23.8. The van der Waals surface area contributed by atoms with Gasteiger partial charge in [0.05, 0.1) is 39.1 Å². The van der Waals surface area contributed by atoms with E-state index in [1.165, 1.54) is 22.3 Å². The van der Waals surface area contributed by atoms with Crippen LogP contribution in [0, 0.1) is 11.8 Å². The van der Waals surface area contributed by atoms with Gasteiger partial charge in [-0.05, 0) is 49.1 Å². The number of carbonyl (C=O) groups is 9. The Morgan fingerprint density at radius 2 is 1.34 bits per heavy atom. The van der Waals surface area contributed by atoms with Gasteiger partial charge in [-0.3, -0.25) is 43.2 Å². The number of aromatic nitrogens is 3. The van der Waals surface area contributed by atoms with Gasteiger partial charge in [0.1, 0.15) is 91.1 Å². The second kappa shape index (κ2) is 31.2. The van der Waals surface area contributed by atoms with Crippen LogP contribution >= 0.6 is 0 Å². The van der Waals surface area contributed by atoms with Crippen molar-refractivity contribution in [2.75, 3.05) is 46.0 Å².